The van der Waals surface area contributed by atoms with E-state index in [4.69, 9.17) is 28.6 Å². The number of methoxy groups -OCH3 is 1. The number of alkyl carbamates (subject to hydrolysis) is 1. The predicted molar refractivity (Wildman–Crippen MR) is 229 cm³/mol. The number of nitrogens with zero attached hydrogens (tertiary/aromatic N) is 3. The van der Waals surface area contributed by atoms with E-state index >= 15 is 0 Å². The number of amides is 3. The quantitative estimate of drug-likeness (QED) is 0.0673. The van der Waals surface area contributed by atoms with Crippen LogP contribution in [-0.4, -0.2) is 86.9 Å². The zero-order valence-corrected chi connectivity index (χ0v) is 36.6. The molecule has 0 radical (unpaired) electrons. The van der Waals surface area contributed by atoms with Gasteiger partial charge < -0.3 is 44.4 Å². The summed E-state index contributed by atoms with van der Waals surface area (Å²) < 4.78 is 37.5. The lowest BCUT2D eigenvalue weighted by molar-refractivity contribution is -0.142. The van der Waals surface area contributed by atoms with E-state index in [1.54, 1.807) is 43.5 Å². The Hall–Kier alpha value is -4.92. The van der Waals surface area contributed by atoms with Crippen LogP contribution in [0.25, 0.3) is 22.3 Å². The van der Waals surface area contributed by atoms with Crippen molar-refractivity contribution in [3.05, 3.63) is 66.5 Å². The van der Waals surface area contributed by atoms with Crippen LogP contribution in [0.4, 0.5) is 9.93 Å². The fraction of sp³-hybridized carbons (Fsp3) is 0.512. The standard InChI is InChI=1S/C43H55N6O9PS/c1-8-26-21-43(26,59(53,54)23-29-14-11-17-56-29)48-38(50)35-19-30(22-49(35)39(51)37(42(4,5)6)47-41(52)58-27-12-9-10-13-27)57-36-20-33(34-24-60-40(46-34)44-25(2)3)45-32-18-28(55-7)15-16-31(32)36/h8,11,14-18,20,24-27,30,35,37H,1,9-10,12-13,19,21-23H2,2-7H3,(H,44,46)(H,47,52)(H,48,50)(H,53,54)/t26?,30-,35+,37-,43+/m1/s1. The van der Waals surface area contributed by atoms with Crippen molar-refractivity contribution >= 4 is 52.6 Å². The zero-order valence-electron chi connectivity index (χ0n) is 34.9. The Kier molecular flexibility index (Phi) is 12.4. The van der Waals surface area contributed by atoms with E-state index in [0.717, 1.165) is 30.8 Å². The first-order valence-electron chi connectivity index (χ1n) is 20.4. The van der Waals surface area contributed by atoms with E-state index < -0.39 is 60.1 Å². The van der Waals surface area contributed by atoms with Crippen molar-refractivity contribution < 1.29 is 42.5 Å². The van der Waals surface area contributed by atoms with Gasteiger partial charge in [0, 0.05) is 41.3 Å². The lowest BCUT2D eigenvalue weighted by Gasteiger charge is -2.35. The summed E-state index contributed by atoms with van der Waals surface area (Å²) in [6, 6.07) is 8.45. The summed E-state index contributed by atoms with van der Waals surface area (Å²) in [6.07, 6.45) is 4.72. The second kappa shape index (κ2) is 17.2. The van der Waals surface area contributed by atoms with Crippen molar-refractivity contribution in [1.82, 2.24) is 25.5 Å². The Balaban J connectivity index is 1.22. The van der Waals surface area contributed by atoms with Crippen LogP contribution in [0.5, 0.6) is 11.5 Å². The summed E-state index contributed by atoms with van der Waals surface area (Å²) in [5.41, 5.74) is 0.981. The van der Waals surface area contributed by atoms with Gasteiger partial charge in [0.1, 0.15) is 52.5 Å². The van der Waals surface area contributed by atoms with Crippen molar-refractivity contribution in [2.75, 3.05) is 19.0 Å². The SMILES string of the molecule is C=CC1C[C@]1(NC(=O)[C@@H]1C[C@@H](Oc2cc(-c3csc(NC(C)C)n3)nc3cc(OC)ccc23)CN1C(=O)[C@@H](NC(=O)OC1CCCC1)C(C)(C)C)P(=O)(O)Cc1ccco1. The summed E-state index contributed by atoms with van der Waals surface area (Å²) in [5, 5.41) is 10.9. The molecule has 3 aliphatic rings. The molecule has 17 heteroatoms. The highest BCUT2D eigenvalue weighted by molar-refractivity contribution is 7.59. The molecule has 1 aliphatic heterocycles. The highest BCUT2D eigenvalue weighted by Gasteiger charge is 2.66. The van der Waals surface area contributed by atoms with Crippen LogP contribution < -0.4 is 25.4 Å². The zero-order chi connectivity index (χ0) is 43.0. The number of fused-ring (bicyclic) bond motifs is 1. The molecule has 0 spiro atoms. The molecule has 4 heterocycles. The minimum atomic E-state index is -4.14. The first-order valence-corrected chi connectivity index (χ1v) is 23.2. The molecule has 2 saturated carbocycles. The molecule has 0 bridgehead atoms. The number of thiazole rings is 1. The Labute approximate surface area is 354 Å². The molecule has 4 aromatic rings. The highest BCUT2D eigenvalue weighted by atomic mass is 32.1. The minimum absolute atomic E-state index is 0.0294. The molecule has 2 unspecified atom stereocenters. The van der Waals surface area contributed by atoms with Gasteiger partial charge in [-0.05, 0) is 75.6 Å². The summed E-state index contributed by atoms with van der Waals surface area (Å²) in [6.45, 7) is 13.4. The Morgan fingerprint density at radius 1 is 1.13 bits per heavy atom. The fourth-order valence-corrected chi connectivity index (χ4v) is 11.3. The van der Waals surface area contributed by atoms with Crippen LogP contribution in [0.1, 0.15) is 78.9 Å². The second-order valence-corrected chi connectivity index (χ2v) is 20.7. The molecule has 7 rings (SSSR count). The van der Waals surface area contributed by atoms with Crippen LogP contribution in [0, 0.1) is 11.3 Å². The number of likely N-dealkylation sites (tertiary alicyclic amines) is 1. The maximum Gasteiger partial charge on any atom is 0.408 e. The van der Waals surface area contributed by atoms with Gasteiger partial charge in [0.25, 0.3) is 0 Å². The van der Waals surface area contributed by atoms with Gasteiger partial charge >= 0.3 is 6.09 Å². The molecular formula is C43H55N6O9PS. The third-order valence-corrected chi connectivity index (χ3v) is 14.8. The van der Waals surface area contributed by atoms with E-state index in [1.165, 1.54) is 22.5 Å². The van der Waals surface area contributed by atoms with Crippen molar-refractivity contribution in [3.63, 3.8) is 0 Å². The van der Waals surface area contributed by atoms with E-state index in [-0.39, 0.29) is 37.7 Å². The number of ether oxygens (including phenoxy) is 3. The minimum Gasteiger partial charge on any atom is -0.497 e. The van der Waals surface area contributed by atoms with Crippen LogP contribution in [0.15, 0.2) is 65.1 Å². The predicted octanol–water partition coefficient (Wildman–Crippen LogP) is 7.70. The van der Waals surface area contributed by atoms with E-state index in [2.05, 4.69) is 22.5 Å². The molecule has 60 heavy (non-hydrogen) atoms. The first kappa shape index (κ1) is 43.2. The third kappa shape index (κ3) is 9.20. The monoisotopic (exact) mass is 862 g/mol. The third-order valence-electron chi connectivity index (χ3n) is 11.4. The summed E-state index contributed by atoms with van der Waals surface area (Å²) >= 11 is 1.46. The Morgan fingerprint density at radius 2 is 1.90 bits per heavy atom. The lowest BCUT2D eigenvalue weighted by atomic mass is 9.85. The van der Waals surface area contributed by atoms with Gasteiger partial charge in [-0.2, -0.15) is 0 Å². The lowest BCUT2D eigenvalue weighted by Crippen LogP contribution is -2.58. The number of anilines is 1. The van der Waals surface area contributed by atoms with Gasteiger partial charge in [0.15, 0.2) is 5.13 Å². The molecule has 6 atom stereocenters. The van der Waals surface area contributed by atoms with Gasteiger partial charge in [-0.1, -0.05) is 26.8 Å². The van der Waals surface area contributed by atoms with Crippen LogP contribution in [-0.2, 0) is 25.1 Å². The number of hydrogen-bond acceptors (Lipinski definition) is 12. The molecule has 322 valence electrons. The second-order valence-electron chi connectivity index (χ2n) is 17.4. The summed E-state index contributed by atoms with van der Waals surface area (Å²) in [7, 11) is -2.56. The molecule has 1 aromatic carbocycles. The van der Waals surface area contributed by atoms with Crippen LogP contribution >= 0.6 is 18.7 Å². The first-order chi connectivity index (χ1) is 28.5. The van der Waals surface area contributed by atoms with Crippen LogP contribution in [0.3, 0.4) is 0 Å². The maximum atomic E-state index is 14.8. The molecule has 1 saturated heterocycles. The molecule has 15 nitrogen and oxygen atoms in total. The molecule has 2 aliphatic carbocycles. The smallest absolute Gasteiger partial charge is 0.408 e. The molecular weight excluding hydrogens is 808 g/mol. The van der Waals surface area contributed by atoms with Gasteiger partial charge in [-0.15, -0.1) is 17.9 Å². The number of carbonyl (C=O) groups excluding carboxylic acids is 3. The molecule has 4 N–H and O–H groups in total. The number of pyridine rings is 1. The topological polar surface area (TPSA) is 194 Å². The maximum absolute atomic E-state index is 14.8. The van der Waals surface area contributed by atoms with Crippen molar-refractivity contribution in [3.8, 4) is 22.9 Å². The van der Waals surface area contributed by atoms with Crippen molar-refractivity contribution in [2.24, 2.45) is 11.3 Å². The highest BCUT2D eigenvalue weighted by Crippen LogP contribution is 2.70. The number of benzene rings is 1. The van der Waals surface area contributed by atoms with Gasteiger partial charge in [-0.3, -0.25) is 14.2 Å². The normalized spacial score (nSPS) is 23.2. The Morgan fingerprint density at radius 3 is 2.55 bits per heavy atom. The number of rotatable bonds is 15. The largest absolute Gasteiger partial charge is 0.497 e. The van der Waals surface area contributed by atoms with E-state index in [0.29, 0.717) is 39.6 Å². The van der Waals surface area contributed by atoms with E-state index in [1.807, 2.05) is 46.1 Å². The number of aromatic nitrogens is 2. The number of nitrogens with one attached hydrogen (secondary N) is 3. The van der Waals surface area contributed by atoms with Crippen LogP contribution in [0.2, 0.25) is 0 Å². The van der Waals surface area contributed by atoms with Gasteiger partial charge in [0.05, 0.1) is 37.3 Å². The van der Waals surface area contributed by atoms with Crippen molar-refractivity contribution in [1.29, 1.82) is 0 Å². The van der Waals surface area contributed by atoms with Gasteiger partial charge in [-0.25, -0.2) is 14.8 Å². The number of hydrogen-bond donors (Lipinski definition) is 4. The Bertz CT molecular complexity index is 2270. The average molecular weight is 863 g/mol. The fourth-order valence-electron chi connectivity index (χ4n) is 8.15. The molecule has 3 aromatic heterocycles. The average Bonchev–Trinajstić information content (AvgIpc) is 3.81. The summed E-state index contributed by atoms with van der Waals surface area (Å²) in [5.74, 6) is -0.253. The molecule has 3 fully saturated rings. The van der Waals surface area contributed by atoms with Crippen molar-refractivity contribution in [2.45, 2.75) is 115 Å². The van der Waals surface area contributed by atoms with E-state index in [9.17, 15) is 23.8 Å². The summed E-state index contributed by atoms with van der Waals surface area (Å²) in [4.78, 5) is 65.4. The van der Waals surface area contributed by atoms with Gasteiger partial charge in [0.2, 0.25) is 19.2 Å². The number of furan rings is 1. The molecule has 3 amide bonds. The number of carbonyl (C=O) groups is 3.